The maximum absolute atomic E-state index is 12.1. The molecule has 126 valence electrons. The number of carbonyl (C=O) groups is 1. The first kappa shape index (κ1) is 16.7. The number of rotatable bonds is 4. The van der Waals surface area contributed by atoms with Crippen LogP contribution in [0.15, 0.2) is 48.5 Å². The Hall–Kier alpha value is -2.18. The number of hydrogen-bond acceptors (Lipinski definition) is 3. The fourth-order valence-corrected chi connectivity index (χ4v) is 3.34. The number of fused-ring (bicyclic) bond motifs is 1. The fraction of sp³-hybridized carbons (Fsp3) is 0.278. The van der Waals surface area contributed by atoms with Gasteiger partial charge in [-0.05, 0) is 28.3 Å². The molecule has 3 rings (SSSR count). The highest BCUT2D eigenvalue weighted by molar-refractivity contribution is 7.88. The van der Waals surface area contributed by atoms with Crippen molar-refractivity contribution in [2.24, 2.45) is 0 Å². The quantitative estimate of drug-likeness (QED) is 0.922. The fourth-order valence-electron chi connectivity index (χ4n) is 2.95. The zero-order valence-corrected chi connectivity index (χ0v) is 14.3. The SMILES string of the molecule is CS(=O)(=O)NCC(=O)N1CC=C(c2cccc3ccccc23)CC1. The third-order valence-corrected chi connectivity index (χ3v) is 4.85. The van der Waals surface area contributed by atoms with Crippen LogP contribution in [0.3, 0.4) is 0 Å². The average molecular weight is 344 g/mol. The summed E-state index contributed by atoms with van der Waals surface area (Å²) in [6.07, 6.45) is 3.87. The first-order chi connectivity index (χ1) is 11.4. The van der Waals surface area contributed by atoms with Crippen LogP contribution in [0.2, 0.25) is 0 Å². The molecule has 0 fully saturated rings. The van der Waals surface area contributed by atoms with Crippen LogP contribution in [0.5, 0.6) is 0 Å². The molecule has 6 heteroatoms. The molecule has 0 aliphatic carbocycles. The number of nitrogens with one attached hydrogen (secondary N) is 1. The molecule has 1 N–H and O–H groups in total. The van der Waals surface area contributed by atoms with E-state index in [0.29, 0.717) is 13.1 Å². The van der Waals surface area contributed by atoms with Gasteiger partial charge < -0.3 is 4.90 Å². The van der Waals surface area contributed by atoms with Gasteiger partial charge in [0.05, 0.1) is 12.8 Å². The third-order valence-electron chi connectivity index (χ3n) is 4.18. The number of benzene rings is 2. The van der Waals surface area contributed by atoms with E-state index in [0.717, 1.165) is 12.7 Å². The van der Waals surface area contributed by atoms with E-state index in [2.05, 4.69) is 35.1 Å². The molecular weight excluding hydrogens is 324 g/mol. The monoisotopic (exact) mass is 344 g/mol. The largest absolute Gasteiger partial charge is 0.337 e. The van der Waals surface area contributed by atoms with E-state index < -0.39 is 10.0 Å². The van der Waals surface area contributed by atoms with Gasteiger partial charge in [-0.25, -0.2) is 13.1 Å². The van der Waals surface area contributed by atoms with Crippen molar-refractivity contribution in [3.63, 3.8) is 0 Å². The van der Waals surface area contributed by atoms with E-state index in [1.807, 2.05) is 18.2 Å². The smallest absolute Gasteiger partial charge is 0.237 e. The summed E-state index contributed by atoms with van der Waals surface area (Å²) in [6.45, 7) is 0.915. The predicted octanol–water partition coefficient (Wildman–Crippen LogP) is 2.00. The lowest BCUT2D eigenvalue weighted by Gasteiger charge is -2.27. The van der Waals surface area contributed by atoms with Gasteiger partial charge in [-0.3, -0.25) is 4.79 Å². The molecule has 0 bridgehead atoms. The molecule has 1 amide bonds. The van der Waals surface area contributed by atoms with Crippen molar-refractivity contribution >= 4 is 32.3 Å². The first-order valence-electron chi connectivity index (χ1n) is 7.83. The van der Waals surface area contributed by atoms with Crippen molar-refractivity contribution in [1.29, 1.82) is 0 Å². The Balaban J connectivity index is 1.74. The van der Waals surface area contributed by atoms with Crippen molar-refractivity contribution in [2.45, 2.75) is 6.42 Å². The van der Waals surface area contributed by atoms with Gasteiger partial charge >= 0.3 is 0 Å². The molecule has 1 aliphatic rings. The molecule has 0 unspecified atom stereocenters. The first-order valence-corrected chi connectivity index (χ1v) is 9.73. The zero-order chi connectivity index (χ0) is 17.2. The second-order valence-electron chi connectivity index (χ2n) is 5.94. The van der Waals surface area contributed by atoms with Crippen LogP contribution >= 0.6 is 0 Å². The van der Waals surface area contributed by atoms with E-state index in [1.54, 1.807) is 4.90 Å². The molecule has 5 nitrogen and oxygen atoms in total. The maximum atomic E-state index is 12.1. The Kier molecular flexibility index (Phi) is 4.69. The van der Waals surface area contributed by atoms with Crippen LogP contribution in [0, 0.1) is 0 Å². The summed E-state index contributed by atoms with van der Waals surface area (Å²) in [6, 6.07) is 14.5. The van der Waals surface area contributed by atoms with E-state index in [-0.39, 0.29) is 12.5 Å². The molecule has 1 aliphatic heterocycles. The second kappa shape index (κ2) is 6.75. The number of hydrogen-bond donors (Lipinski definition) is 1. The van der Waals surface area contributed by atoms with Crippen LogP contribution in [0.25, 0.3) is 16.3 Å². The lowest BCUT2D eigenvalue weighted by molar-refractivity contribution is -0.129. The average Bonchev–Trinajstić information content (AvgIpc) is 2.59. The molecular formula is C18H20N2O3S. The van der Waals surface area contributed by atoms with Gasteiger partial charge in [0.15, 0.2) is 0 Å². The predicted molar refractivity (Wildman–Crippen MR) is 96.0 cm³/mol. The number of nitrogens with zero attached hydrogens (tertiary/aromatic N) is 1. The normalized spacial score (nSPS) is 15.4. The Morgan fingerprint density at radius 3 is 2.62 bits per heavy atom. The third kappa shape index (κ3) is 3.83. The van der Waals surface area contributed by atoms with Crippen molar-refractivity contribution in [1.82, 2.24) is 9.62 Å². The molecule has 1 heterocycles. The minimum atomic E-state index is -3.35. The van der Waals surface area contributed by atoms with Gasteiger partial charge in [0, 0.05) is 13.1 Å². The number of sulfonamides is 1. The van der Waals surface area contributed by atoms with Gasteiger partial charge in [-0.1, -0.05) is 48.5 Å². The second-order valence-corrected chi connectivity index (χ2v) is 7.77. The molecule has 24 heavy (non-hydrogen) atoms. The Morgan fingerprint density at radius 1 is 1.17 bits per heavy atom. The highest BCUT2D eigenvalue weighted by atomic mass is 32.2. The van der Waals surface area contributed by atoms with Crippen LogP contribution in [0.4, 0.5) is 0 Å². The molecule has 2 aromatic carbocycles. The minimum Gasteiger partial charge on any atom is -0.337 e. The summed E-state index contributed by atoms with van der Waals surface area (Å²) in [5.41, 5.74) is 2.43. The van der Waals surface area contributed by atoms with E-state index in [9.17, 15) is 13.2 Å². The molecule has 0 saturated heterocycles. The van der Waals surface area contributed by atoms with E-state index in [1.165, 1.54) is 21.9 Å². The molecule has 0 saturated carbocycles. The summed E-state index contributed by atoms with van der Waals surface area (Å²) < 4.78 is 24.4. The van der Waals surface area contributed by atoms with Crippen molar-refractivity contribution in [2.75, 3.05) is 25.9 Å². The highest BCUT2D eigenvalue weighted by Gasteiger charge is 2.19. The number of amides is 1. The zero-order valence-electron chi connectivity index (χ0n) is 13.5. The van der Waals surface area contributed by atoms with E-state index >= 15 is 0 Å². The highest BCUT2D eigenvalue weighted by Crippen LogP contribution is 2.29. The van der Waals surface area contributed by atoms with Crippen molar-refractivity contribution in [3.05, 3.63) is 54.1 Å². The van der Waals surface area contributed by atoms with Gasteiger partial charge in [0.1, 0.15) is 0 Å². The summed E-state index contributed by atoms with van der Waals surface area (Å²) in [5, 5.41) is 2.41. The lowest BCUT2D eigenvalue weighted by Crippen LogP contribution is -2.41. The molecule has 0 spiro atoms. The summed E-state index contributed by atoms with van der Waals surface area (Å²) >= 11 is 0. The Bertz CT molecular complexity index is 898. The van der Waals surface area contributed by atoms with Crippen LogP contribution in [-0.4, -0.2) is 45.1 Å². The summed E-state index contributed by atoms with van der Waals surface area (Å²) in [7, 11) is -3.35. The van der Waals surface area contributed by atoms with Gasteiger partial charge in [0.25, 0.3) is 0 Å². The lowest BCUT2D eigenvalue weighted by atomic mass is 9.94. The van der Waals surface area contributed by atoms with Gasteiger partial charge in [-0.15, -0.1) is 0 Å². The molecule has 2 aromatic rings. The minimum absolute atomic E-state index is 0.184. The molecule has 0 radical (unpaired) electrons. The van der Waals surface area contributed by atoms with Crippen LogP contribution in [0.1, 0.15) is 12.0 Å². The topological polar surface area (TPSA) is 66.5 Å². The summed E-state index contributed by atoms with van der Waals surface area (Å²) in [4.78, 5) is 13.7. The maximum Gasteiger partial charge on any atom is 0.237 e. The standard InChI is InChI=1S/C18H20N2O3S/c1-24(22,23)19-13-18(21)20-11-9-15(10-12-20)17-8-4-6-14-5-2-3-7-16(14)17/h2-9,19H,10-13H2,1H3. The van der Waals surface area contributed by atoms with Crippen molar-refractivity contribution < 1.29 is 13.2 Å². The van der Waals surface area contributed by atoms with Crippen LogP contribution in [-0.2, 0) is 14.8 Å². The van der Waals surface area contributed by atoms with Gasteiger partial charge in [0.2, 0.25) is 15.9 Å². The van der Waals surface area contributed by atoms with Gasteiger partial charge in [-0.2, -0.15) is 0 Å². The van der Waals surface area contributed by atoms with Crippen molar-refractivity contribution in [3.8, 4) is 0 Å². The number of carbonyl (C=O) groups excluding carboxylic acids is 1. The Labute approximate surface area is 142 Å². The molecule has 0 atom stereocenters. The molecule has 0 aromatic heterocycles. The van der Waals surface area contributed by atoms with Crippen LogP contribution < -0.4 is 4.72 Å². The van der Waals surface area contributed by atoms with E-state index in [4.69, 9.17) is 0 Å². The summed E-state index contributed by atoms with van der Waals surface area (Å²) in [5.74, 6) is -0.200. The Morgan fingerprint density at radius 2 is 1.92 bits per heavy atom.